The predicted octanol–water partition coefficient (Wildman–Crippen LogP) is 1.63. The smallest absolute Gasteiger partial charge is 0.382 e. The second-order valence-electron chi connectivity index (χ2n) is 3.65. The van der Waals surface area contributed by atoms with Gasteiger partial charge in [0.2, 0.25) is 0 Å². The van der Waals surface area contributed by atoms with Crippen molar-refractivity contribution in [2.75, 3.05) is 23.7 Å². The van der Waals surface area contributed by atoms with Crippen molar-refractivity contribution in [3.05, 3.63) is 12.4 Å². The molecule has 1 rings (SSSR count). The van der Waals surface area contributed by atoms with Crippen molar-refractivity contribution in [3.8, 4) is 0 Å². The summed E-state index contributed by atoms with van der Waals surface area (Å²) in [4.78, 5) is 7.83. The predicted molar refractivity (Wildman–Crippen MR) is 61.4 cm³/mol. The Bertz CT molecular complexity index is 372. The maximum Gasteiger partial charge on any atom is 0.416 e. The van der Waals surface area contributed by atoms with Crippen molar-refractivity contribution in [1.29, 1.82) is 0 Å². The van der Waals surface area contributed by atoms with Crippen LogP contribution in [0.5, 0.6) is 0 Å². The third kappa shape index (κ3) is 4.74. The van der Waals surface area contributed by atoms with Gasteiger partial charge in [-0.3, -0.25) is 4.98 Å². The highest BCUT2D eigenvalue weighted by Gasteiger charge is 2.37. The first-order valence-corrected chi connectivity index (χ1v) is 5.48. The molecule has 0 aliphatic heterocycles. The van der Waals surface area contributed by atoms with Crippen LogP contribution in [0.1, 0.15) is 13.3 Å². The summed E-state index contributed by atoms with van der Waals surface area (Å²) in [7, 11) is 0. The van der Waals surface area contributed by atoms with Gasteiger partial charge < -0.3 is 15.7 Å². The van der Waals surface area contributed by atoms with Crippen LogP contribution in [-0.4, -0.2) is 40.4 Å². The normalized spacial score (nSPS) is 13.2. The Kier molecular flexibility index (Phi) is 5.14. The van der Waals surface area contributed by atoms with E-state index in [-0.39, 0.29) is 5.82 Å². The first-order chi connectivity index (χ1) is 8.43. The van der Waals surface area contributed by atoms with Crippen LogP contribution in [0.25, 0.3) is 0 Å². The summed E-state index contributed by atoms with van der Waals surface area (Å²) < 4.78 is 36.2. The van der Waals surface area contributed by atoms with Gasteiger partial charge in [-0.1, -0.05) is 6.92 Å². The van der Waals surface area contributed by atoms with Gasteiger partial charge in [0.25, 0.3) is 0 Å². The largest absolute Gasteiger partial charge is 0.416 e. The van der Waals surface area contributed by atoms with Crippen LogP contribution in [0, 0.1) is 0 Å². The number of hydrogen-bond acceptors (Lipinski definition) is 5. The van der Waals surface area contributed by atoms with Gasteiger partial charge in [-0.2, -0.15) is 13.2 Å². The molecule has 3 N–H and O–H groups in total. The van der Waals surface area contributed by atoms with E-state index in [1.807, 2.05) is 6.92 Å². The molecule has 102 valence electrons. The van der Waals surface area contributed by atoms with Crippen LogP contribution >= 0.6 is 0 Å². The lowest BCUT2D eigenvalue weighted by Crippen LogP contribution is -2.35. The minimum atomic E-state index is -4.64. The summed E-state index contributed by atoms with van der Waals surface area (Å²) in [5.74, 6) is 0.655. The molecule has 0 saturated carbocycles. The molecule has 0 bridgehead atoms. The Hall–Kier alpha value is -1.57. The van der Waals surface area contributed by atoms with Crippen molar-refractivity contribution in [2.45, 2.75) is 25.6 Å². The molecule has 18 heavy (non-hydrogen) atoms. The number of aliphatic hydroxyl groups is 1. The fourth-order valence-corrected chi connectivity index (χ4v) is 1.11. The molecule has 0 aliphatic carbocycles. The highest BCUT2D eigenvalue weighted by atomic mass is 19.4. The molecule has 0 amide bonds. The lowest BCUT2D eigenvalue weighted by atomic mass is 10.3. The molecule has 1 aromatic rings. The van der Waals surface area contributed by atoms with Crippen LogP contribution in [0.15, 0.2) is 12.4 Å². The molecular formula is C10H15F3N4O. The zero-order chi connectivity index (χ0) is 13.6. The summed E-state index contributed by atoms with van der Waals surface area (Å²) >= 11 is 0. The van der Waals surface area contributed by atoms with Gasteiger partial charge >= 0.3 is 6.18 Å². The van der Waals surface area contributed by atoms with Crippen molar-refractivity contribution in [1.82, 2.24) is 9.97 Å². The molecule has 0 fully saturated rings. The Morgan fingerprint density at radius 1 is 1.28 bits per heavy atom. The maximum atomic E-state index is 12.1. The minimum Gasteiger partial charge on any atom is -0.382 e. The molecule has 0 aromatic carbocycles. The summed E-state index contributed by atoms with van der Waals surface area (Å²) in [6.07, 6.45) is -3.40. The zero-order valence-electron chi connectivity index (χ0n) is 9.83. The van der Waals surface area contributed by atoms with Gasteiger partial charge in [-0.25, -0.2) is 4.98 Å². The Labute approximate surface area is 102 Å². The van der Waals surface area contributed by atoms with Crippen LogP contribution in [-0.2, 0) is 0 Å². The number of rotatable bonds is 6. The average molecular weight is 264 g/mol. The van der Waals surface area contributed by atoms with Gasteiger partial charge in [0.15, 0.2) is 6.10 Å². The van der Waals surface area contributed by atoms with Gasteiger partial charge in [0, 0.05) is 6.54 Å². The van der Waals surface area contributed by atoms with Crippen LogP contribution in [0.3, 0.4) is 0 Å². The zero-order valence-corrected chi connectivity index (χ0v) is 9.83. The highest BCUT2D eigenvalue weighted by molar-refractivity contribution is 5.41. The van der Waals surface area contributed by atoms with E-state index < -0.39 is 18.8 Å². The molecule has 1 heterocycles. The maximum absolute atomic E-state index is 12.1. The molecule has 8 heteroatoms. The average Bonchev–Trinajstić information content (AvgIpc) is 2.32. The third-order valence-corrected chi connectivity index (χ3v) is 2.05. The molecular weight excluding hydrogens is 249 g/mol. The fraction of sp³-hybridized carbons (Fsp3) is 0.600. The summed E-state index contributed by atoms with van der Waals surface area (Å²) in [6, 6.07) is 0. The summed E-state index contributed by atoms with van der Waals surface area (Å²) in [6.45, 7) is 2.01. The number of nitrogens with zero attached hydrogens (tertiary/aromatic N) is 2. The van der Waals surface area contributed by atoms with Crippen LogP contribution in [0.2, 0.25) is 0 Å². The van der Waals surface area contributed by atoms with E-state index in [1.54, 1.807) is 0 Å². The van der Waals surface area contributed by atoms with Crippen molar-refractivity contribution >= 4 is 11.6 Å². The van der Waals surface area contributed by atoms with Gasteiger partial charge in [-0.15, -0.1) is 0 Å². The van der Waals surface area contributed by atoms with E-state index in [1.165, 1.54) is 12.4 Å². The highest BCUT2D eigenvalue weighted by Crippen LogP contribution is 2.20. The molecule has 1 unspecified atom stereocenters. The molecule has 0 aliphatic rings. The second-order valence-corrected chi connectivity index (χ2v) is 3.65. The number of aliphatic hydroxyl groups excluding tert-OH is 1. The fourth-order valence-electron chi connectivity index (χ4n) is 1.11. The Balaban J connectivity index is 2.52. The van der Waals surface area contributed by atoms with Crippen molar-refractivity contribution < 1.29 is 18.3 Å². The van der Waals surface area contributed by atoms with E-state index in [9.17, 15) is 13.2 Å². The third-order valence-electron chi connectivity index (χ3n) is 2.05. The quantitative estimate of drug-likeness (QED) is 0.728. The first kappa shape index (κ1) is 14.5. The number of nitrogens with one attached hydrogen (secondary N) is 2. The van der Waals surface area contributed by atoms with Crippen molar-refractivity contribution in [2.24, 2.45) is 0 Å². The van der Waals surface area contributed by atoms with Crippen LogP contribution in [0.4, 0.5) is 24.8 Å². The number of alkyl halides is 3. The number of hydrogen-bond donors (Lipinski definition) is 3. The SMILES string of the molecule is CCCNc1cncc(NCC(O)C(F)(F)F)n1. The molecule has 1 atom stereocenters. The Morgan fingerprint density at radius 3 is 2.44 bits per heavy atom. The lowest BCUT2D eigenvalue weighted by Gasteiger charge is -2.15. The minimum absolute atomic E-state index is 0.180. The number of aromatic nitrogens is 2. The molecule has 0 radical (unpaired) electrons. The number of anilines is 2. The van der Waals surface area contributed by atoms with Crippen molar-refractivity contribution in [3.63, 3.8) is 0 Å². The van der Waals surface area contributed by atoms with Gasteiger partial charge in [0.05, 0.1) is 18.9 Å². The first-order valence-electron chi connectivity index (χ1n) is 5.48. The van der Waals surface area contributed by atoms with Gasteiger partial charge in [0.1, 0.15) is 11.6 Å². The lowest BCUT2D eigenvalue weighted by molar-refractivity contribution is -0.198. The monoisotopic (exact) mass is 264 g/mol. The van der Waals surface area contributed by atoms with Gasteiger partial charge in [-0.05, 0) is 6.42 Å². The standard InChI is InChI=1S/C10H15F3N4O/c1-2-3-15-8-5-14-6-9(17-8)16-4-7(18)10(11,12)13/h5-7,18H,2-4H2,1H3,(H2,15,16,17). The van der Waals surface area contributed by atoms with E-state index >= 15 is 0 Å². The van der Waals surface area contributed by atoms with E-state index in [0.717, 1.165) is 6.42 Å². The Morgan fingerprint density at radius 2 is 1.89 bits per heavy atom. The topological polar surface area (TPSA) is 70.1 Å². The molecule has 0 saturated heterocycles. The summed E-state index contributed by atoms with van der Waals surface area (Å²) in [5, 5.41) is 14.1. The van der Waals surface area contributed by atoms with Crippen LogP contribution < -0.4 is 10.6 Å². The van der Waals surface area contributed by atoms with E-state index in [0.29, 0.717) is 12.4 Å². The molecule has 5 nitrogen and oxygen atoms in total. The molecule has 1 aromatic heterocycles. The number of halogens is 3. The van der Waals surface area contributed by atoms with E-state index in [2.05, 4.69) is 20.6 Å². The van der Waals surface area contributed by atoms with E-state index in [4.69, 9.17) is 5.11 Å². The molecule has 0 spiro atoms. The second kappa shape index (κ2) is 6.39. The summed E-state index contributed by atoms with van der Waals surface area (Å²) in [5.41, 5.74) is 0.